The number of ether oxygens (including phenoxy) is 1. The maximum Gasteiger partial charge on any atom is 0.311 e. The molecule has 0 saturated heterocycles. The van der Waals surface area contributed by atoms with Gasteiger partial charge in [-0.2, -0.15) is 0 Å². The largest absolute Gasteiger partial charge is 0.487 e. The topological polar surface area (TPSA) is 76.4 Å². The van der Waals surface area contributed by atoms with Gasteiger partial charge in [0, 0.05) is 30.9 Å². The fraction of sp³-hybridized carbons (Fsp3) is 0.538. The maximum atomic E-state index is 10.9. The van der Waals surface area contributed by atoms with Gasteiger partial charge in [-0.05, 0) is 19.0 Å². The second kappa shape index (κ2) is 8.31. The van der Waals surface area contributed by atoms with Crippen molar-refractivity contribution in [2.75, 3.05) is 31.6 Å². The highest BCUT2D eigenvalue weighted by Gasteiger charge is 2.15. The Bertz CT molecular complexity index is 410. The van der Waals surface area contributed by atoms with E-state index in [1.165, 1.54) is 6.07 Å². The molecule has 0 saturated carbocycles. The van der Waals surface area contributed by atoms with E-state index in [-0.39, 0.29) is 5.69 Å². The molecule has 0 spiro atoms. The fourth-order valence-electron chi connectivity index (χ4n) is 1.57. The number of nitro benzene ring substituents is 1. The van der Waals surface area contributed by atoms with Crippen molar-refractivity contribution in [3.63, 3.8) is 0 Å². The van der Waals surface area contributed by atoms with Crippen molar-refractivity contribution < 1.29 is 9.66 Å². The monoisotopic (exact) mass is 267 g/mol. The first kappa shape index (κ1) is 15.2. The summed E-state index contributed by atoms with van der Waals surface area (Å²) in [5.41, 5.74) is 0.834. The van der Waals surface area contributed by atoms with Crippen LogP contribution in [-0.2, 0) is 0 Å². The van der Waals surface area contributed by atoms with E-state index in [0.717, 1.165) is 31.7 Å². The molecule has 1 rings (SSSR count). The predicted molar refractivity (Wildman–Crippen MR) is 75.9 cm³/mol. The van der Waals surface area contributed by atoms with E-state index in [9.17, 15) is 10.1 Å². The molecule has 0 bridgehead atoms. The van der Waals surface area contributed by atoms with E-state index in [1.54, 1.807) is 12.1 Å². The number of likely N-dealkylation sites (N-methyl/N-ethyl adjacent to an activating group) is 1. The van der Waals surface area contributed by atoms with Crippen LogP contribution < -0.4 is 15.4 Å². The summed E-state index contributed by atoms with van der Waals surface area (Å²) in [6.07, 6.45) is 0.815. The van der Waals surface area contributed by atoms with Crippen LogP contribution in [0.15, 0.2) is 18.2 Å². The summed E-state index contributed by atoms with van der Waals surface area (Å²) < 4.78 is 5.42. The van der Waals surface area contributed by atoms with Gasteiger partial charge >= 0.3 is 5.69 Å². The van der Waals surface area contributed by atoms with Crippen LogP contribution in [-0.4, -0.2) is 31.2 Å². The molecule has 0 radical (unpaired) electrons. The van der Waals surface area contributed by atoms with Gasteiger partial charge in [-0.3, -0.25) is 10.1 Å². The van der Waals surface area contributed by atoms with Gasteiger partial charge in [0.05, 0.1) is 11.5 Å². The zero-order valence-electron chi connectivity index (χ0n) is 11.4. The van der Waals surface area contributed by atoms with Crippen LogP contribution >= 0.6 is 0 Å². The van der Waals surface area contributed by atoms with Crippen LogP contribution in [0.3, 0.4) is 0 Å². The Morgan fingerprint density at radius 1 is 1.32 bits per heavy atom. The van der Waals surface area contributed by atoms with Crippen molar-refractivity contribution in [1.82, 2.24) is 5.32 Å². The van der Waals surface area contributed by atoms with Crippen LogP contribution in [0, 0.1) is 10.1 Å². The van der Waals surface area contributed by atoms with E-state index in [4.69, 9.17) is 4.74 Å². The summed E-state index contributed by atoms with van der Waals surface area (Å²) in [6.45, 7) is 7.01. The second-order valence-corrected chi connectivity index (χ2v) is 4.07. The Labute approximate surface area is 113 Å². The molecule has 0 aliphatic heterocycles. The predicted octanol–water partition coefficient (Wildman–Crippen LogP) is 2.41. The molecule has 0 amide bonds. The highest BCUT2D eigenvalue weighted by Crippen LogP contribution is 2.30. The smallest absolute Gasteiger partial charge is 0.311 e. The SMILES string of the molecule is CCCOc1cc(NCCNCC)ccc1[N+](=O)[O-]. The number of nitrogens with one attached hydrogen (secondary N) is 2. The molecule has 6 heteroatoms. The molecule has 0 aromatic heterocycles. The highest BCUT2D eigenvalue weighted by molar-refractivity contribution is 5.58. The zero-order chi connectivity index (χ0) is 14.1. The highest BCUT2D eigenvalue weighted by atomic mass is 16.6. The molecule has 0 atom stereocenters. The number of rotatable bonds is 9. The Morgan fingerprint density at radius 2 is 2.11 bits per heavy atom. The average molecular weight is 267 g/mol. The van der Waals surface area contributed by atoms with Gasteiger partial charge in [0.1, 0.15) is 0 Å². The van der Waals surface area contributed by atoms with Gasteiger partial charge in [-0.15, -0.1) is 0 Å². The molecule has 0 unspecified atom stereocenters. The van der Waals surface area contributed by atoms with Crippen LogP contribution in [0.4, 0.5) is 11.4 Å². The van der Waals surface area contributed by atoms with E-state index in [0.29, 0.717) is 12.4 Å². The number of anilines is 1. The van der Waals surface area contributed by atoms with Crippen molar-refractivity contribution in [3.05, 3.63) is 28.3 Å². The van der Waals surface area contributed by atoms with E-state index >= 15 is 0 Å². The number of benzene rings is 1. The Kier molecular flexibility index (Phi) is 6.67. The van der Waals surface area contributed by atoms with Crippen molar-refractivity contribution in [2.24, 2.45) is 0 Å². The lowest BCUT2D eigenvalue weighted by Crippen LogP contribution is -2.21. The number of hydrogen-bond acceptors (Lipinski definition) is 5. The van der Waals surface area contributed by atoms with E-state index in [1.807, 2.05) is 13.8 Å². The van der Waals surface area contributed by atoms with Gasteiger partial charge in [-0.1, -0.05) is 13.8 Å². The molecular formula is C13H21N3O3. The van der Waals surface area contributed by atoms with Crippen molar-refractivity contribution >= 4 is 11.4 Å². The number of nitro groups is 1. The first-order chi connectivity index (χ1) is 9.19. The van der Waals surface area contributed by atoms with Crippen LogP contribution in [0.1, 0.15) is 20.3 Å². The van der Waals surface area contributed by atoms with E-state index < -0.39 is 4.92 Å². The van der Waals surface area contributed by atoms with Gasteiger partial charge in [-0.25, -0.2) is 0 Å². The minimum absolute atomic E-state index is 0.00526. The summed E-state index contributed by atoms with van der Waals surface area (Å²) in [6, 6.07) is 4.85. The van der Waals surface area contributed by atoms with Gasteiger partial charge in [0.15, 0.2) is 5.75 Å². The normalized spacial score (nSPS) is 10.2. The van der Waals surface area contributed by atoms with Crippen molar-refractivity contribution in [1.29, 1.82) is 0 Å². The molecule has 19 heavy (non-hydrogen) atoms. The fourth-order valence-corrected chi connectivity index (χ4v) is 1.57. The summed E-state index contributed by atoms with van der Waals surface area (Å²) in [7, 11) is 0. The second-order valence-electron chi connectivity index (χ2n) is 4.07. The lowest BCUT2D eigenvalue weighted by atomic mass is 10.2. The first-order valence-corrected chi connectivity index (χ1v) is 6.54. The van der Waals surface area contributed by atoms with Crippen LogP contribution in [0.5, 0.6) is 5.75 Å². The zero-order valence-corrected chi connectivity index (χ0v) is 11.4. The van der Waals surface area contributed by atoms with Crippen LogP contribution in [0.2, 0.25) is 0 Å². The molecule has 2 N–H and O–H groups in total. The molecule has 0 fully saturated rings. The summed E-state index contributed by atoms with van der Waals surface area (Å²) in [5.74, 6) is 0.320. The molecule has 0 aliphatic rings. The first-order valence-electron chi connectivity index (χ1n) is 6.54. The Morgan fingerprint density at radius 3 is 2.74 bits per heavy atom. The summed E-state index contributed by atoms with van der Waals surface area (Å²) >= 11 is 0. The van der Waals surface area contributed by atoms with Crippen molar-refractivity contribution in [3.8, 4) is 5.75 Å². The van der Waals surface area contributed by atoms with E-state index in [2.05, 4.69) is 10.6 Å². The third-order valence-corrected chi connectivity index (χ3v) is 2.50. The molecule has 6 nitrogen and oxygen atoms in total. The van der Waals surface area contributed by atoms with Gasteiger partial charge in [0.25, 0.3) is 0 Å². The summed E-state index contributed by atoms with van der Waals surface area (Å²) in [4.78, 5) is 10.5. The molecule has 106 valence electrons. The molecule has 1 aromatic carbocycles. The van der Waals surface area contributed by atoms with Crippen LogP contribution in [0.25, 0.3) is 0 Å². The maximum absolute atomic E-state index is 10.9. The Hall–Kier alpha value is -1.82. The minimum atomic E-state index is -0.423. The standard InChI is InChI=1S/C13H21N3O3/c1-3-9-19-13-10-11(15-8-7-14-4-2)5-6-12(13)16(17)18/h5-6,10,14-15H,3-4,7-9H2,1-2H3. The lowest BCUT2D eigenvalue weighted by Gasteiger charge is -2.10. The quantitative estimate of drug-likeness (QED) is 0.408. The molecule has 1 aromatic rings. The summed E-state index contributed by atoms with van der Waals surface area (Å²) in [5, 5.41) is 17.3. The molecular weight excluding hydrogens is 246 g/mol. The van der Waals surface area contributed by atoms with Gasteiger partial charge in [0.2, 0.25) is 0 Å². The minimum Gasteiger partial charge on any atom is -0.487 e. The average Bonchev–Trinajstić information content (AvgIpc) is 2.41. The Balaban J connectivity index is 2.70. The lowest BCUT2D eigenvalue weighted by molar-refractivity contribution is -0.385. The molecule has 0 aliphatic carbocycles. The number of hydrogen-bond donors (Lipinski definition) is 2. The third kappa shape index (κ3) is 5.13. The molecule has 0 heterocycles. The number of nitrogens with zero attached hydrogens (tertiary/aromatic N) is 1. The van der Waals surface area contributed by atoms with Gasteiger partial charge < -0.3 is 15.4 Å². The third-order valence-electron chi connectivity index (χ3n) is 2.50. The van der Waals surface area contributed by atoms with Crippen molar-refractivity contribution in [2.45, 2.75) is 20.3 Å².